The summed E-state index contributed by atoms with van der Waals surface area (Å²) >= 11 is 0. The van der Waals surface area contributed by atoms with Crippen LogP contribution in [0.25, 0.3) is 27.8 Å². The molecule has 0 amide bonds. The van der Waals surface area contributed by atoms with E-state index in [1.807, 2.05) is 24.4 Å². The van der Waals surface area contributed by atoms with Gasteiger partial charge in [-0.05, 0) is 55.7 Å². The molecule has 2 aliphatic rings. The van der Waals surface area contributed by atoms with Gasteiger partial charge in [-0.25, -0.2) is 17.9 Å². The molecule has 1 aromatic carbocycles. The quantitative estimate of drug-likeness (QED) is 0.464. The number of aromatic nitrogens is 4. The van der Waals surface area contributed by atoms with Crippen LogP contribution in [0, 0.1) is 0 Å². The van der Waals surface area contributed by atoms with Gasteiger partial charge in [0.1, 0.15) is 5.52 Å². The first-order valence-corrected chi connectivity index (χ1v) is 12.7. The van der Waals surface area contributed by atoms with Crippen LogP contribution >= 0.6 is 0 Å². The van der Waals surface area contributed by atoms with Crippen LogP contribution in [0.3, 0.4) is 0 Å². The highest BCUT2D eigenvalue weighted by atomic mass is 32.2. The summed E-state index contributed by atoms with van der Waals surface area (Å²) in [5.41, 5.74) is 2.99. The Kier molecular flexibility index (Phi) is 4.72. The molecule has 1 aliphatic heterocycles. The highest BCUT2D eigenvalue weighted by Gasteiger charge is 2.39. The van der Waals surface area contributed by atoms with Gasteiger partial charge in [0.15, 0.2) is 26.5 Å². The third-order valence-corrected chi connectivity index (χ3v) is 8.74. The number of rotatable bonds is 5. The Balaban J connectivity index is 1.64. The van der Waals surface area contributed by atoms with Gasteiger partial charge in [-0.3, -0.25) is 0 Å². The predicted molar refractivity (Wildman–Crippen MR) is 124 cm³/mol. The number of hydrogen-bond donors (Lipinski definition) is 2. The van der Waals surface area contributed by atoms with Crippen molar-refractivity contribution >= 4 is 32.1 Å². The van der Waals surface area contributed by atoms with Crippen molar-refractivity contribution in [3.63, 3.8) is 0 Å². The van der Waals surface area contributed by atoms with Crippen LogP contribution < -0.4 is 4.90 Å². The van der Waals surface area contributed by atoms with E-state index in [-0.39, 0.29) is 22.9 Å². The Morgan fingerprint density at radius 1 is 1.24 bits per heavy atom. The van der Waals surface area contributed by atoms with Crippen molar-refractivity contribution in [3.05, 3.63) is 42.1 Å². The Hall–Kier alpha value is -2.95. The smallest absolute Gasteiger partial charge is 0.198 e. The number of nitrogens with zero attached hydrogens (tertiary/aromatic N) is 4. The molecule has 4 heterocycles. The molecule has 33 heavy (non-hydrogen) atoms. The second-order valence-corrected chi connectivity index (χ2v) is 11.0. The third kappa shape index (κ3) is 3.32. The predicted octanol–water partition coefficient (Wildman–Crippen LogP) is 2.53. The van der Waals surface area contributed by atoms with E-state index in [9.17, 15) is 13.5 Å². The van der Waals surface area contributed by atoms with E-state index in [0.717, 1.165) is 22.0 Å². The Morgan fingerprint density at radius 2 is 2.09 bits per heavy atom. The molecular weight excluding hydrogens is 442 g/mol. The SMILES string of the molecule is CC1COCCN1c1nc(-c2cc(CO)cc3[nH]ccc23)nn2c(S(=O)(=O)C3CC3)ccc12. The fourth-order valence-corrected chi connectivity index (χ4v) is 6.33. The van der Waals surface area contributed by atoms with Gasteiger partial charge in [0.2, 0.25) is 0 Å². The number of benzene rings is 1. The Bertz CT molecular complexity index is 1470. The van der Waals surface area contributed by atoms with Crippen LogP contribution in [0.5, 0.6) is 0 Å². The minimum Gasteiger partial charge on any atom is -0.392 e. The number of aromatic amines is 1. The minimum atomic E-state index is -3.47. The zero-order valence-corrected chi connectivity index (χ0v) is 19.0. The van der Waals surface area contributed by atoms with Crippen LogP contribution in [-0.2, 0) is 21.2 Å². The first kappa shape index (κ1) is 20.6. The average molecular weight is 468 g/mol. The topological polar surface area (TPSA) is 113 Å². The summed E-state index contributed by atoms with van der Waals surface area (Å²) in [6, 6.07) is 9.22. The van der Waals surface area contributed by atoms with E-state index in [1.165, 1.54) is 4.52 Å². The summed E-state index contributed by atoms with van der Waals surface area (Å²) in [4.78, 5) is 10.3. The Morgan fingerprint density at radius 3 is 2.85 bits per heavy atom. The van der Waals surface area contributed by atoms with E-state index in [2.05, 4.69) is 16.8 Å². The second kappa shape index (κ2) is 7.54. The molecule has 0 spiro atoms. The zero-order chi connectivity index (χ0) is 22.7. The standard InChI is InChI=1S/C23H25N5O4S/c1-14-13-32-9-8-27(14)23-20-4-5-21(33(30,31)16-2-3-16)28(20)26-22(25-23)18-10-15(12-29)11-19-17(18)6-7-24-19/h4-7,10-11,14,16,24,29H,2-3,8-9,12-13H2,1H3. The molecule has 172 valence electrons. The van der Waals surface area contributed by atoms with Crippen LogP contribution in [0.4, 0.5) is 5.82 Å². The van der Waals surface area contributed by atoms with Crippen LogP contribution in [0.1, 0.15) is 25.3 Å². The Labute approximate surface area is 190 Å². The minimum absolute atomic E-state index is 0.0831. The molecule has 0 bridgehead atoms. The van der Waals surface area contributed by atoms with Crippen molar-refractivity contribution in [1.82, 2.24) is 19.6 Å². The molecule has 0 radical (unpaired) electrons. The molecule has 3 aromatic heterocycles. The molecule has 6 rings (SSSR count). The lowest BCUT2D eigenvalue weighted by atomic mass is 10.1. The van der Waals surface area contributed by atoms with Crippen molar-refractivity contribution in [3.8, 4) is 11.4 Å². The maximum atomic E-state index is 13.2. The maximum Gasteiger partial charge on any atom is 0.198 e. The lowest BCUT2D eigenvalue weighted by Crippen LogP contribution is -2.44. The molecular formula is C23H25N5O4S. The summed E-state index contributed by atoms with van der Waals surface area (Å²) < 4.78 is 33.5. The second-order valence-electron chi connectivity index (χ2n) is 8.83. The van der Waals surface area contributed by atoms with Crippen molar-refractivity contribution in [1.29, 1.82) is 0 Å². The number of aliphatic hydroxyl groups excluding tert-OH is 1. The number of morpholine rings is 1. The zero-order valence-electron chi connectivity index (χ0n) is 18.2. The summed E-state index contributed by atoms with van der Waals surface area (Å²) in [6.07, 6.45) is 3.20. The summed E-state index contributed by atoms with van der Waals surface area (Å²) in [5, 5.41) is 15.3. The lowest BCUT2D eigenvalue weighted by Gasteiger charge is -2.34. The molecule has 4 aromatic rings. The number of anilines is 1. The highest BCUT2D eigenvalue weighted by molar-refractivity contribution is 7.92. The molecule has 2 N–H and O–H groups in total. The van der Waals surface area contributed by atoms with Crippen LogP contribution in [0.2, 0.25) is 0 Å². The molecule has 9 nitrogen and oxygen atoms in total. The fourth-order valence-electron chi connectivity index (χ4n) is 4.59. The average Bonchev–Trinajstić information content (AvgIpc) is 3.43. The van der Waals surface area contributed by atoms with Gasteiger partial charge in [-0.1, -0.05) is 0 Å². The molecule has 1 atom stereocenters. The molecule has 1 unspecified atom stereocenters. The third-order valence-electron chi connectivity index (χ3n) is 6.50. The van der Waals surface area contributed by atoms with Crippen molar-refractivity contribution in [2.75, 3.05) is 24.7 Å². The van der Waals surface area contributed by atoms with Crippen molar-refractivity contribution < 1.29 is 18.3 Å². The van der Waals surface area contributed by atoms with Gasteiger partial charge in [0, 0.05) is 29.2 Å². The molecule has 1 aliphatic carbocycles. The number of nitrogens with one attached hydrogen (secondary N) is 1. The van der Waals surface area contributed by atoms with E-state index in [1.54, 1.807) is 12.1 Å². The lowest BCUT2D eigenvalue weighted by molar-refractivity contribution is 0.0986. The maximum absolute atomic E-state index is 13.2. The monoisotopic (exact) mass is 467 g/mol. The van der Waals surface area contributed by atoms with Crippen molar-refractivity contribution in [2.45, 2.75) is 42.7 Å². The molecule has 1 saturated carbocycles. The van der Waals surface area contributed by atoms with Crippen molar-refractivity contribution in [2.24, 2.45) is 0 Å². The number of ether oxygens (including phenoxy) is 1. The largest absolute Gasteiger partial charge is 0.392 e. The van der Waals surface area contributed by atoms with Gasteiger partial charge >= 0.3 is 0 Å². The van der Waals surface area contributed by atoms with Gasteiger partial charge in [0.25, 0.3) is 0 Å². The highest BCUT2D eigenvalue weighted by Crippen LogP contribution is 2.37. The van der Waals surface area contributed by atoms with E-state index in [4.69, 9.17) is 14.8 Å². The van der Waals surface area contributed by atoms with E-state index in [0.29, 0.717) is 49.8 Å². The van der Waals surface area contributed by atoms with Gasteiger partial charge in [-0.2, -0.15) is 0 Å². The fraction of sp³-hybridized carbons (Fsp3) is 0.391. The van der Waals surface area contributed by atoms with Gasteiger partial charge in [-0.15, -0.1) is 5.10 Å². The first-order chi connectivity index (χ1) is 16.0. The number of sulfone groups is 1. The molecule has 2 fully saturated rings. The van der Waals surface area contributed by atoms with E-state index >= 15 is 0 Å². The molecule has 1 saturated heterocycles. The number of hydrogen-bond acceptors (Lipinski definition) is 7. The summed E-state index contributed by atoms with van der Waals surface area (Å²) in [7, 11) is -3.47. The number of aliphatic hydroxyl groups is 1. The normalized spacial score (nSPS) is 19.6. The number of H-pyrrole nitrogens is 1. The number of fused-ring (bicyclic) bond motifs is 2. The first-order valence-electron chi connectivity index (χ1n) is 11.2. The van der Waals surface area contributed by atoms with Crippen LogP contribution in [-0.4, -0.2) is 64.2 Å². The summed E-state index contributed by atoms with van der Waals surface area (Å²) in [5.74, 6) is 1.10. The van der Waals surface area contributed by atoms with Gasteiger partial charge < -0.3 is 19.7 Å². The van der Waals surface area contributed by atoms with Gasteiger partial charge in [0.05, 0.1) is 31.1 Å². The van der Waals surface area contributed by atoms with E-state index < -0.39 is 9.84 Å². The van der Waals surface area contributed by atoms with Crippen LogP contribution in [0.15, 0.2) is 41.6 Å². The molecule has 10 heteroatoms. The summed E-state index contributed by atoms with van der Waals surface area (Å²) in [6.45, 7) is 3.74.